The van der Waals surface area contributed by atoms with Gasteiger partial charge in [-0.3, -0.25) is 0 Å². The minimum absolute atomic E-state index is 0.311. The molecule has 1 N–H and O–H groups in total. The molecule has 0 bridgehead atoms. The Bertz CT molecular complexity index is 347. The summed E-state index contributed by atoms with van der Waals surface area (Å²) in [5.74, 6) is 0.736. The van der Waals surface area contributed by atoms with Crippen LogP contribution in [0.25, 0.3) is 0 Å². The van der Waals surface area contributed by atoms with Crippen molar-refractivity contribution in [1.82, 2.24) is 4.98 Å². The van der Waals surface area contributed by atoms with E-state index in [0.29, 0.717) is 11.1 Å². The zero-order chi connectivity index (χ0) is 12.7. The first-order valence-electron chi connectivity index (χ1n) is 5.76. The van der Waals surface area contributed by atoms with Gasteiger partial charge in [0.2, 0.25) is 0 Å². The Balaban J connectivity index is 2.18. The summed E-state index contributed by atoms with van der Waals surface area (Å²) in [5, 5.41) is 3.85. The van der Waals surface area contributed by atoms with Gasteiger partial charge in [-0.05, 0) is 48.7 Å². The molecule has 1 aromatic heterocycles. The Morgan fingerprint density at radius 2 is 2.24 bits per heavy atom. The molecule has 1 rings (SSSR count). The lowest BCUT2D eigenvalue weighted by molar-refractivity contribution is 0.0765. The zero-order valence-electron chi connectivity index (χ0n) is 10.2. The van der Waals surface area contributed by atoms with Crippen molar-refractivity contribution in [2.75, 3.05) is 18.5 Å². The molecule has 0 saturated heterocycles. The molecule has 0 unspecified atom stereocenters. The van der Waals surface area contributed by atoms with Crippen LogP contribution in [0.15, 0.2) is 16.7 Å². The van der Waals surface area contributed by atoms with E-state index < -0.39 is 0 Å². The summed E-state index contributed by atoms with van der Waals surface area (Å²) in [7, 11) is 0. The largest absolute Gasteiger partial charge is 0.379 e. The highest BCUT2D eigenvalue weighted by Gasteiger charge is 2.01. The second-order valence-corrected chi connectivity index (χ2v) is 5.36. The van der Waals surface area contributed by atoms with Gasteiger partial charge >= 0.3 is 0 Å². The molecule has 17 heavy (non-hydrogen) atoms. The summed E-state index contributed by atoms with van der Waals surface area (Å²) >= 11 is 9.35. The van der Waals surface area contributed by atoms with Crippen LogP contribution in [0.3, 0.4) is 0 Å². The molecule has 0 radical (unpaired) electrons. The Labute approximate surface area is 116 Å². The molecule has 0 aliphatic rings. The number of nitrogens with one attached hydrogen (secondary N) is 1. The van der Waals surface area contributed by atoms with Gasteiger partial charge in [-0.2, -0.15) is 0 Å². The fourth-order valence-electron chi connectivity index (χ4n) is 1.30. The lowest BCUT2D eigenvalue weighted by Gasteiger charge is -2.09. The predicted molar refractivity (Wildman–Crippen MR) is 75.8 cm³/mol. The van der Waals surface area contributed by atoms with Crippen molar-refractivity contribution in [3.63, 3.8) is 0 Å². The van der Waals surface area contributed by atoms with E-state index in [4.69, 9.17) is 16.3 Å². The van der Waals surface area contributed by atoms with Crippen molar-refractivity contribution in [3.8, 4) is 0 Å². The molecule has 0 spiro atoms. The first-order chi connectivity index (χ1) is 8.09. The van der Waals surface area contributed by atoms with Crippen molar-refractivity contribution in [1.29, 1.82) is 0 Å². The van der Waals surface area contributed by atoms with Gasteiger partial charge in [0.05, 0.1) is 11.1 Å². The lowest BCUT2D eigenvalue weighted by atomic mass is 10.3. The standard InChI is InChI=1S/C12H18BrClN2O/c1-9(2)17-6-4-3-5-15-12-11(14)7-10(13)8-16-12/h7-9H,3-6H2,1-2H3,(H,15,16). The first-order valence-corrected chi connectivity index (χ1v) is 6.93. The second kappa shape index (κ2) is 7.90. The number of hydrogen-bond donors (Lipinski definition) is 1. The van der Waals surface area contributed by atoms with Gasteiger partial charge < -0.3 is 10.1 Å². The molecule has 0 aromatic carbocycles. The topological polar surface area (TPSA) is 34.1 Å². The molecule has 0 aliphatic heterocycles. The maximum absolute atomic E-state index is 6.03. The molecule has 3 nitrogen and oxygen atoms in total. The highest BCUT2D eigenvalue weighted by atomic mass is 79.9. The number of rotatable bonds is 7. The van der Waals surface area contributed by atoms with Gasteiger partial charge in [-0.15, -0.1) is 0 Å². The van der Waals surface area contributed by atoms with Crippen LogP contribution in [0.1, 0.15) is 26.7 Å². The Morgan fingerprint density at radius 1 is 1.47 bits per heavy atom. The highest BCUT2D eigenvalue weighted by Crippen LogP contribution is 2.22. The molecule has 0 saturated carbocycles. The van der Waals surface area contributed by atoms with Crippen LogP contribution in [0.2, 0.25) is 5.02 Å². The molecule has 1 heterocycles. The van der Waals surface area contributed by atoms with Gasteiger partial charge in [-0.25, -0.2) is 4.98 Å². The van der Waals surface area contributed by atoms with Crippen LogP contribution in [-0.2, 0) is 4.74 Å². The monoisotopic (exact) mass is 320 g/mol. The number of hydrogen-bond acceptors (Lipinski definition) is 3. The summed E-state index contributed by atoms with van der Waals surface area (Å²) in [6.45, 7) is 5.75. The molecule has 0 atom stereocenters. The number of ether oxygens (including phenoxy) is 1. The molecular weight excluding hydrogens is 304 g/mol. The van der Waals surface area contributed by atoms with Crippen LogP contribution in [0, 0.1) is 0 Å². The maximum atomic E-state index is 6.03. The van der Waals surface area contributed by atoms with Crippen LogP contribution in [0.4, 0.5) is 5.82 Å². The van der Waals surface area contributed by atoms with E-state index in [9.17, 15) is 0 Å². The minimum atomic E-state index is 0.311. The predicted octanol–water partition coefficient (Wildman–Crippen LogP) is 4.11. The summed E-state index contributed by atoms with van der Waals surface area (Å²) in [5.41, 5.74) is 0. The quantitative estimate of drug-likeness (QED) is 0.767. The summed E-state index contributed by atoms with van der Waals surface area (Å²) in [4.78, 5) is 4.20. The number of nitrogens with zero attached hydrogens (tertiary/aromatic N) is 1. The molecule has 0 fully saturated rings. The Kier molecular flexibility index (Phi) is 6.85. The Hall–Kier alpha value is -0.320. The number of halogens is 2. The Morgan fingerprint density at radius 3 is 2.88 bits per heavy atom. The van der Waals surface area contributed by atoms with Gasteiger partial charge in [0.25, 0.3) is 0 Å². The van der Waals surface area contributed by atoms with Gasteiger partial charge in [0.15, 0.2) is 0 Å². The smallest absolute Gasteiger partial charge is 0.144 e. The molecule has 96 valence electrons. The van der Waals surface area contributed by atoms with Crippen LogP contribution >= 0.6 is 27.5 Å². The van der Waals surface area contributed by atoms with E-state index in [-0.39, 0.29) is 0 Å². The van der Waals surface area contributed by atoms with Crippen molar-refractivity contribution in [3.05, 3.63) is 21.8 Å². The highest BCUT2D eigenvalue weighted by molar-refractivity contribution is 9.10. The van der Waals surface area contributed by atoms with E-state index in [1.165, 1.54) is 0 Å². The van der Waals surface area contributed by atoms with Crippen molar-refractivity contribution >= 4 is 33.3 Å². The SMILES string of the molecule is CC(C)OCCCCNc1ncc(Br)cc1Cl. The fourth-order valence-corrected chi connectivity index (χ4v) is 1.99. The molecule has 1 aromatic rings. The number of pyridine rings is 1. The average Bonchev–Trinajstić information content (AvgIpc) is 2.25. The van der Waals surface area contributed by atoms with Crippen LogP contribution in [-0.4, -0.2) is 24.2 Å². The van der Waals surface area contributed by atoms with Crippen LogP contribution in [0.5, 0.6) is 0 Å². The number of aromatic nitrogens is 1. The van der Waals surface area contributed by atoms with Gasteiger partial charge in [0.1, 0.15) is 5.82 Å². The minimum Gasteiger partial charge on any atom is -0.379 e. The van der Waals surface area contributed by atoms with Gasteiger partial charge in [-0.1, -0.05) is 11.6 Å². The molecule has 0 amide bonds. The average molecular weight is 322 g/mol. The van der Waals surface area contributed by atoms with E-state index in [0.717, 1.165) is 36.3 Å². The third-order valence-corrected chi connectivity index (χ3v) is 2.84. The number of unbranched alkanes of at least 4 members (excludes halogenated alkanes) is 1. The van der Waals surface area contributed by atoms with Gasteiger partial charge in [0, 0.05) is 23.8 Å². The molecule has 0 aliphatic carbocycles. The third-order valence-electron chi connectivity index (χ3n) is 2.12. The van der Waals surface area contributed by atoms with Crippen molar-refractivity contribution in [2.24, 2.45) is 0 Å². The summed E-state index contributed by atoms with van der Waals surface area (Å²) in [6.07, 6.45) is 4.13. The normalized spacial score (nSPS) is 10.9. The van der Waals surface area contributed by atoms with E-state index in [2.05, 4.69) is 26.2 Å². The molecular formula is C12H18BrClN2O. The summed E-state index contributed by atoms with van der Waals surface area (Å²) in [6, 6.07) is 1.83. The fraction of sp³-hybridized carbons (Fsp3) is 0.583. The van der Waals surface area contributed by atoms with E-state index in [1.807, 2.05) is 19.9 Å². The van der Waals surface area contributed by atoms with E-state index in [1.54, 1.807) is 6.20 Å². The third kappa shape index (κ3) is 6.24. The second-order valence-electron chi connectivity index (χ2n) is 4.04. The summed E-state index contributed by atoms with van der Waals surface area (Å²) < 4.78 is 6.35. The van der Waals surface area contributed by atoms with Crippen LogP contribution < -0.4 is 5.32 Å². The maximum Gasteiger partial charge on any atom is 0.144 e. The zero-order valence-corrected chi connectivity index (χ0v) is 12.5. The van der Waals surface area contributed by atoms with Crippen molar-refractivity contribution < 1.29 is 4.74 Å². The number of anilines is 1. The van der Waals surface area contributed by atoms with Crippen molar-refractivity contribution in [2.45, 2.75) is 32.8 Å². The van der Waals surface area contributed by atoms with E-state index >= 15 is 0 Å². The first kappa shape index (κ1) is 14.7. The molecule has 5 heteroatoms. The lowest BCUT2D eigenvalue weighted by Crippen LogP contribution is -2.07.